The SMILES string of the molecule is C=CCOc1ccc2c(c1)[C@H]1[C@H](CCCCO)[C@@H](CCCCO)C=C3C(=NOCC)C[C@H](Sc4ccccc4)[C@@](OCC=C)(O2)[C@H]31. The summed E-state index contributed by atoms with van der Waals surface area (Å²) >= 11 is 1.76. The van der Waals surface area contributed by atoms with E-state index in [2.05, 4.69) is 49.6 Å². The van der Waals surface area contributed by atoms with Crippen molar-refractivity contribution >= 4 is 17.5 Å². The van der Waals surface area contributed by atoms with Crippen molar-refractivity contribution in [1.82, 2.24) is 0 Å². The Bertz CT molecular complexity index is 1360. The number of benzene rings is 2. The van der Waals surface area contributed by atoms with Gasteiger partial charge in [0.05, 0.1) is 23.5 Å². The predicted molar refractivity (Wildman–Crippen MR) is 185 cm³/mol. The molecule has 0 aromatic heterocycles. The van der Waals surface area contributed by atoms with Crippen LogP contribution in [-0.4, -0.2) is 60.0 Å². The maximum absolute atomic E-state index is 9.76. The molecule has 0 spiro atoms. The maximum Gasteiger partial charge on any atom is 0.231 e. The molecule has 3 aliphatic rings. The molecule has 1 aliphatic heterocycles. The summed E-state index contributed by atoms with van der Waals surface area (Å²) in [5.41, 5.74) is 3.18. The van der Waals surface area contributed by atoms with E-state index >= 15 is 0 Å². The van der Waals surface area contributed by atoms with E-state index in [1.54, 1.807) is 23.9 Å². The van der Waals surface area contributed by atoms with Crippen LogP contribution in [0.25, 0.3) is 0 Å². The van der Waals surface area contributed by atoms with Gasteiger partial charge >= 0.3 is 0 Å². The first-order valence-corrected chi connectivity index (χ1v) is 17.6. The molecule has 5 rings (SSSR count). The normalized spacial score (nSPS) is 27.2. The van der Waals surface area contributed by atoms with Crippen LogP contribution in [0.15, 0.2) is 95.5 Å². The molecule has 2 N–H and O–H groups in total. The van der Waals surface area contributed by atoms with Crippen LogP contribution in [0.4, 0.5) is 0 Å². The Hall–Kier alpha value is -3.04. The summed E-state index contributed by atoms with van der Waals surface area (Å²) in [5, 5.41) is 24.0. The third-order valence-electron chi connectivity index (χ3n) is 9.31. The molecule has 1 heterocycles. The molecule has 8 heteroatoms. The lowest BCUT2D eigenvalue weighted by atomic mass is 9.56. The Morgan fingerprint density at radius 1 is 1.00 bits per heavy atom. The van der Waals surface area contributed by atoms with Crippen LogP contribution in [0.1, 0.15) is 63.4 Å². The number of aliphatic hydroxyl groups is 2. The summed E-state index contributed by atoms with van der Waals surface area (Å²) in [6, 6.07) is 16.5. The van der Waals surface area contributed by atoms with Gasteiger partial charge in [-0.15, -0.1) is 18.3 Å². The number of hydrogen-bond acceptors (Lipinski definition) is 8. The first kappa shape index (κ1) is 34.3. The van der Waals surface area contributed by atoms with E-state index in [4.69, 9.17) is 24.2 Å². The van der Waals surface area contributed by atoms with Crippen molar-refractivity contribution in [2.75, 3.05) is 33.0 Å². The number of thioether (sulfide) groups is 1. The summed E-state index contributed by atoms with van der Waals surface area (Å²) < 4.78 is 20.2. The van der Waals surface area contributed by atoms with E-state index in [0.717, 1.165) is 71.8 Å². The summed E-state index contributed by atoms with van der Waals surface area (Å²) in [6.07, 6.45) is 11.8. The third-order valence-corrected chi connectivity index (χ3v) is 10.6. The molecule has 46 heavy (non-hydrogen) atoms. The highest BCUT2D eigenvalue weighted by molar-refractivity contribution is 8.00. The number of rotatable bonds is 18. The summed E-state index contributed by atoms with van der Waals surface area (Å²) in [4.78, 5) is 6.91. The highest BCUT2D eigenvalue weighted by atomic mass is 32.2. The lowest BCUT2D eigenvalue weighted by Crippen LogP contribution is -2.64. The third kappa shape index (κ3) is 7.41. The van der Waals surface area contributed by atoms with Crippen LogP contribution in [-0.2, 0) is 9.57 Å². The fraction of sp³-hybridized carbons (Fsp3) is 0.500. The van der Waals surface area contributed by atoms with Crippen molar-refractivity contribution in [2.45, 2.75) is 73.7 Å². The lowest BCUT2D eigenvalue weighted by molar-refractivity contribution is -0.223. The van der Waals surface area contributed by atoms with Crippen LogP contribution < -0.4 is 9.47 Å². The fourth-order valence-corrected chi connectivity index (χ4v) is 8.79. The molecule has 0 unspecified atom stereocenters. The van der Waals surface area contributed by atoms with Crippen LogP contribution in [0.3, 0.4) is 0 Å². The number of ether oxygens (including phenoxy) is 3. The molecule has 248 valence electrons. The summed E-state index contributed by atoms with van der Waals surface area (Å²) in [5.74, 6) is 0.935. The Kier molecular flexibility index (Phi) is 12.4. The van der Waals surface area contributed by atoms with E-state index in [0.29, 0.717) is 26.2 Å². The van der Waals surface area contributed by atoms with E-state index < -0.39 is 5.79 Å². The van der Waals surface area contributed by atoms with Crippen molar-refractivity contribution in [2.24, 2.45) is 22.9 Å². The second kappa shape index (κ2) is 16.7. The lowest BCUT2D eigenvalue weighted by Gasteiger charge is -2.58. The van der Waals surface area contributed by atoms with E-state index in [1.165, 1.54) is 0 Å². The van der Waals surface area contributed by atoms with Crippen molar-refractivity contribution in [3.05, 3.63) is 91.1 Å². The van der Waals surface area contributed by atoms with Crippen molar-refractivity contribution in [3.8, 4) is 11.5 Å². The first-order chi connectivity index (χ1) is 22.6. The monoisotopic (exact) mass is 647 g/mol. The highest BCUT2D eigenvalue weighted by Gasteiger charge is 2.64. The fourth-order valence-electron chi connectivity index (χ4n) is 7.48. The largest absolute Gasteiger partial charge is 0.490 e. The van der Waals surface area contributed by atoms with Gasteiger partial charge in [-0.3, -0.25) is 0 Å². The minimum Gasteiger partial charge on any atom is -0.490 e. The average molecular weight is 648 g/mol. The van der Waals surface area contributed by atoms with Gasteiger partial charge in [-0.1, -0.05) is 61.0 Å². The number of unbranched alkanes of at least 4 members (excludes halogenated alkanes) is 2. The van der Waals surface area contributed by atoms with Gasteiger partial charge < -0.3 is 29.3 Å². The van der Waals surface area contributed by atoms with Crippen LogP contribution in [0, 0.1) is 17.8 Å². The molecule has 2 aromatic rings. The van der Waals surface area contributed by atoms with Crippen LogP contribution >= 0.6 is 11.8 Å². The molecule has 0 bridgehead atoms. The zero-order valence-electron chi connectivity index (χ0n) is 27.0. The number of oxime groups is 1. The maximum atomic E-state index is 9.76. The Morgan fingerprint density at radius 3 is 2.48 bits per heavy atom. The van der Waals surface area contributed by atoms with Gasteiger partial charge in [-0.2, -0.15) is 0 Å². The van der Waals surface area contributed by atoms with Gasteiger partial charge in [-0.05, 0) is 80.3 Å². The molecule has 1 saturated carbocycles. The second-order valence-corrected chi connectivity index (χ2v) is 13.5. The number of hydrogen-bond donors (Lipinski definition) is 2. The number of aliphatic hydroxyl groups excluding tert-OH is 2. The standard InChI is InChI=1S/C38H49NO6S/c1-4-22-42-28-18-19-34-32(25-28)36-30(17-11-13-21-41)27(14-10-12-20-40)24-31-33(39-44-6-3)26-35(46-29-15-8-7-9-16-29)38(45-34,37(31)36)43-23-5-2/h4-5,7-9,15-16,18-19,24-25,27,30,35-37,40-41H,1-2,6,10-14,17,20-23,26H2,3H3/t27-,30+,35-,36+,37+,38+/m0/s1. The smallest absolute Gasteiger partial charge is 0.231 e. The van der Waals surface area contributed by atoms with Crippen LogP contribution in [0.2, 0.25) is 0 Å². The zero-order valence-corrected chi connectivity index (χ0v) is 27.8. The zero-order chi connectivity index (χ0) is 32.4. The van der Waals surface area contributed by atoms with Gasteiger partial charge in [0.2, 0.25) is 5.79 Å². The van der Waals surface area contributed by atoms with E-state index in [-0.39, 0.29) is 42.1 Å². The van der Waals surface area contributed by atoms with Gasteiger partial charge in [-0.25, -0.2) is 0 Å². The molecule has 0 amide bonds. The van der Waals surface area contributed by atoms with Crippen molar-refractivity contribution in [3.63, 3.8) is 0 Å². The van der Waals surface area contributed by atoms with E-state index in [9.17, 15) is 10.2 Å². The minimum atomic E-state index is -1.00. The van der Waals surface area contributed by atoms with Gasteiger partial charge in [0.1, 0.15) is 24.7 Å². The summed E-state index contributed by atoms with van der Waals surface area (Å²) in [7, 11) is 0. The molecule has 0 radical (unpaired) electrons. The van der Waals surface area contributed by atoms with E-state index in [1.807, 2.05) is 25.1 Å². The summed E-state index contributed by atoms with van der Waals surface area (Å²) in [6.45, 7) is 11.4. The Labute approximate surface area is 278 Å². The molecule has 0 saturated heterocycles. The molecular formula is C38H49NO6S. The van der Waals surface area contributed by atoms with Crippen molar-refractivity contribution < 1.29 is 29.3 Å². The Morgan fingerprint density at radius 2 is 1.76 bits per heavy atom. The minimum absolute atomic E-state index is 0.0321. The van der Waals surface area contributed by atoms with Gasteiger partial charge in [0.15, 0.2) is 0 Å². The molecule has 2 aromatic carbocycles. The molecule has 7 nitrogen and oxygen atoms in total. The number of allylic oxidation sites excluding steroid dienone is 1. The predicted octanol–water partition coefficient (Wildman–Crippen LogP) is 7.70. The van der Waals surface area contributed by atoms with Crippen molar-refractivity contribution in [1.29, 1.82) is 0 Å². The molecule has 2 aliphatic carbocycles. The Balaban J connectivity index is 1.73. The number of fused-ring (bicyclic) bond motifs is 2. The molecule has 1 fully saturated rings. The van der Waals surface area contributed by atoms with Gasteiger partial charge in [0.25, 0.3) is 0 Å². The molecule has 6 atom stereocenters. The average Bonchev–Trinajstić information content (AvgIpc) is 3.08. The van der Waals surface area contributed by atoms with Gasteiger partial charge in [0, 0.05) is 36.0 Å². The quantitative estimate of drug-likeness (QED) is 0.0974. The van der Waals surface area contributed by atoms with Crippen LogP contribution in [0.5, 0.6) is 11.5 Å². The first-order valence-electron chi connectivity index (χ1n) is 16.8. The highest BCUT2D eigenvalue weighted by Crippen LogP contribution is 2.63. The number of nitrogens with zero attached hydrogens (tertiary/aromatic N) is 1. The molecular weight excluding hydrogens is 598 g/mol. The second-order valence-electron chi connectivity index (χ2n) is 12.2. The topological polar surface area (TPSA) is 89.7 Å².